The molecule has 0 radical (unpaired) electrons. The van der Waals surface area contributed by atoms with Crippen molar-refractivity contribution in [1.29, 1.82) is 0 Å². The second-order valence-corrected chi connectivity index (χ2v) is 7.89. The summed E-state index contributed by atoms with van der Waals surface area (Å²) in [7, 11) is -9.64. The number of benzene rings is 2. The van der Waals surface area contributed by atoms with Gasteiger partial charge < -0.3 is 9.11 Å². The van der Waals surface area contributed by atoms with E-state index >= 15 is 0 Å². The Morgan fingerprint density at radius 2 is 1.36 bits per heavy atom. The van der Waals surface area contributed by atoms with Gasteiger partial charge in [0.25, 0.3) is 0 Å². The van der Waals surface area contributed by atoms with Gasteiger partial charge in [-0.15, -0.1) is 0 Å². The monoisotopic (exact) mass is 439 g/mol. The topological polar surface area (TPSA) is 163 Å². The number of hydrogen-bond donors (Lipinski definition) is 0. The molecule has 13 heteroatoms. The van der Waals surface area contributed by atoms with Gasteiger partial charge in [0.15, 0.2) is 0 Å². The molecule has 0 N–H and O–H groups in total. The average molecular weight is 439 g/mol. The second-order valence-electron chi connectivity index (χ2n) is 5.19. The standard InChI is InChI=1S/C15H13N3O6S2.2Na/c1-10-2-3-11(14(8-10)25(19,20)21)4-5-12-6-7-13(17-18-16)9-15(12)26(22,23)24;;/h2-9H,1H3,(H,19,20,21)(H,22,23,24);;/q;2*+1/p-2/b5-4+;;. The molecule has 0 bridgehead atoms. The van der Waals surface area contributed by atoms with E-state index in [0.717, 1.165) is 6.07 Å². The molecule has 0 saturated carbocycles. The molecule has 0 aliphatic heterocycles. The zero-order chi connectivity index (χ0) is 19.5. The number of rotatable bonds is 5. The largest absolute Gasteiger partial charge is 1.00 e. The molecule has 2 aromatic carbocycles. The summed E-state index contributed by atoms with van der Waals surface area (Å²) in [5.74, 6) is 0. The maximum absolute atomic E-state index is 11.4. The summed E-state index contributed by atoms with van der Waals surface area (Å²) in [6.45, 7) is 1.61. The molecule has 0 aliphatic carbocycles. The van der Waals surface area contributed by atoms with Crippen molar-refractivity contribution in [2.75, 3.05) is 0 Å². The maximum atomic E-state index is 11.4. The molecule has 0 unspecified atom stereocenters. The third kappa shape index (κ3) is 7.29. The van der Waals surface area contributed by atoms with Gasteiger partial charge >= 0.3 is 59.1 Å². The van der Waals surface area contributed by atoms with Crippen LogP contribution in [0.3, 0.4) is 0 Å². The van der Waals surface area contributed by atoms with Gasteiger partial charge in [-0.25, -0.2) is 16.8 Å². The van der Waals surface area contributed by atoms with E-state index in [2.05, 4.69) is 10.0 Å². The average Bonchev–Trinajstić information content (AvgIpc) is 2.53. The number of nitrogens with zero attached hydrogens (tertiary/aromatic N) is 3. The van der Waals surface area contributed by atoms with Crippen LogP contribution in [0.4, 0.5) is 5.69 Å². The predicted molar refractivity (Wildman–Crippen MR) is 91.3 cm³/mol. The molecule has 0 aliphatic rings. The summed E-state index contributed by atoms with van der Waals surface area (Å²) < 4.78 is 68.4. The first-order chi connectivity index (χ1) is 12.0. The molecular weight excluding hydrogens is 428 g/mol. The Labute approximate surface area is 206 Å². The minimum absolute atomic E-state index is 0. The van der Waals surface area contributed by atoms with Crippen LogP contribution in [0.2, 0.25) is 0 Å². The summed E-state index contributed by atoms with van der Waals surface area (Å²) in [6, 6.07) is 7.57. The molecule has 28 heavy (non-hydrogen) atoms. The molecule has 136 valence electrons. The molecule has 9 nitrogen and oxygen atoms in total. The van der Waals surface area contributed by atoms with Gasteiger partial charge in [-0.2, -0.15) is 0 Å². The predicted octanol–water partition coefficient (Wildman–Crippen LogP) is -3.08. The van der Waals surface area contributed by atoms with Gasteiger partial charge in [0.05, 0.1) is 9.79 Å². The molecule has 0 amide bonds. The van der Waals surface area contributed by atoms with Crippen molar-refractivity contribution in [3.05, 3.63) is 63.5 Å². The van der Waals surface area contributed by atoms with Crippen LogP contribution in [0.25, 0.3) is 22.6 Å². The Bertz CT molecular complexity index is 1160. The Kier molecular flexibility index (Phi) is 10.6. The summed E-state index contributed by atoms with van der Waals surface area (Å²) in [4.78, 5) is 1.40. The fourth-order valence-electron chi connectivity index (χ4n) is 2.17. The quantitative estimate of drug-likeness (QED) is 0.120. The SMILES string of the molecule is Cc1ccc(/C=C/c2ccc(N=[N+]=[N-])cc2S(=O)(=O)[O-])c(S(=O)(=O)[O-])c1.[Na+].[Na+]. The Morgan fingerprint density at radius 1 is 0.893 bits per heavy atom. The summed E-state index contributed by atoms with van der Waals surface area (Å²) >= 11 is 0. The van der Waals surface area contributed by atoms with Crippen LogP contribution in [0.5, 0.6) is 0 Å². The zero-order valence-corrected chi connectivity index (χ0v) is 20.9. The van der Waals surface area contributed by atoms with Crippen molar-refractivity contribution in [2.24, 2.45) is 5.11 Å². The number of azide groups is 1. The van der Waals surface area contributed by atoms with E-state index in [1.54, 1.807) is 13.0 Å². The molecule has 0 saturated heterocycles. The van der Waals surface area contributed by atoms with Crippen LogP contribution in [-0.2, 0) is 20.2 Å². The molecule has 0 aromatic heterocycles. The van der Waals surface area contributed by atoms with Crippen LogP contribution < -0.4 is 59.1 Å². The van der Waals surface area contributed by atoms with Gasteiger partial charge in [0.1, 0.15) is 20.2 Å². The van der Waals surface area contributed by atoms with Gasteiger partial charge in [-0.1, -0.05) is 41.5 Å². The summed E-state index contributed by atoms with van der Waals surface area (Å²) in [5.41, 5.74) is 8.87. The molecule has 0 atom stereocenters. The van der Waals surface area contributed by atoms with Crippen molar-refractivity contribution in [3.8, 4) is 0 Å². The van der Waals surface area contributed by atoms with Crippen LogP contribution in [0.15, 0.2) is 51.3 Å². The number of aryl methyl sites for hydroxylation is 1. The van der Waals surface area contributed by atoms with Crippen molar-refractivity contribution in [3.63, 3.8) is 0 Å². The Balaban J connectivity index is 0.00000364. The molecule has 0 spiro atoms. The van der Waals surface area contributed by atoms with E-state index in [-0.39, 0.29) is 75.9 Å². The van der Waals surface area contributed by atoms with E-state index < -0.39 is 30.0 Å². The van der Waals surface area contributed by atoms with E-state index in [1.807, 2.05) is 0 Å². The fraction of sp³-hybridized carbons (Fsp3) is 0.0667. The fourth-order valence-corrected chi connectivity index (χ4v) is 3.61. The Hall–Kier alpha value is -0.690. The smallest absolute Gasteiger partial charge is 0.744 e. The van der Waals surface area contributed by atoms with Crippen LogP contribution in [-0.4, -0.2) is 25.9 Å². The van der Waals surface area contributed by atoms with Crippen LogP contribution in [0, 0.1) is 6.92 Å². The van der Waals surface area contributed by atoms with Crippen molar-refractivity contribution < 1.29 is 85.1 Å². The van der Waals surface area contributed by atoms with E-state index in [1.165, 1.54) is 36.4 Å². The molecule has 2 rings (SSSR count). The Morgan fingerprint density at radius 3 is 1.82 bits per heavy atom. The van der Waals surface area contributed by atoms with Crippen LogP contribution >= 0.6 is 0 Å². The van der Waals surface area contributed by atoms with Gasteiger partial charge in [0.2, 0.25) is 0 Å². The minimum atomic E-state index is -4.89. The van der Waals surface area contributed by atoms with E-state index in [4.69, 9.17) is 5.53 Å². The van der Waals surface area contributed by atoms with Crippen molar-refractivity contribution >= 4 is 38.1 Å². The number of hydrogen-bond acceptors (Lipinski definition) is 7. The minimum Gasteiger partial charge on any atom is -0.744 e. The van der Waals surface area contributed by atoms with Crippen molar-refractivity contribution in [1.82, 2.24) is 0 Å². The summed E-state index contributed by atoms with van der Waals surface area (Å²) in [6.07, 6.45) is 2.39. The molecular formula is C15H11N3Na2O6S2. The molecule has 0 fully saturated rings. The normalized spacial score (nSPS) is 11.2. The second kappa shape index (κ2) is 10.9. The third-order valence-corrected chi connectivity index (χ3v) is 5.09. The first-order valence-corrected chi connectivity index (χ1v) is 9.74. The third-order valence-electron chi connectivity index (χ3n) is 3.31. The molecule has 2 aromatic rings. The van der Waals surface area contributed by atoms with Gasteiger partial charge in [-0.05, 0) is 41.3 Å². The van der Waals surface area contributed by atoms with E-state index in [0.29, 0.717) is 5.56 Å². The van der Waals surface area contributed by atoms with Gasteiger partial charge in [-0.3, -0.25) is 0 Å². The molecule has 0 heterocycles. The maximum Gasteiger partial charge on any atom is 1.00 e. The first-order valence-electron chi connectivity index (χ1n) is 6.92. The van der Waals surface area contributed by atoms with Gasteiger partial charge in [0, 0.05) is 10.6 Å². The first kappa shape index (κ1) is 27.3. The summed E-state index contributed by atoms with van der Waals surface area (Å²) in [5, 5.41) is 3.23. The van der Waals surface area contributed by atoms with E-state index in [9.17, 15) is 25.9 Å². The van der Waals surface area contributed by atoms with Crippen LogP contribution in [0.1, 0.15) is 16.7 Å². The van der Waals surface area contributed by atoms with Crippen molar-refractivity contribution in [2.45, 2.75) is 16.7 Å². The zero-order valence-electron chi connectivity index (χ0n) is 15.2.